The molecular weight excluding hydrogens is 319 g/mol. The minimum atomic E-state index is -0.614. The lowest BCUT2D eigenvalue weighted by Crippen LogP contribution is -2.35. The Kier molecular flexibility index (Phi) is 5.64. The molecule has 1 fully saturated rings. The zero-order chi connectivity index (χ0) is 17.6. The summed E-state index contributed by atoms with van der Waals surface area (Å²) in [6.45, 7) is 1.62. The highest BCUT2D eigenvalue weighted by Gasteiger charge is 2.27. The van der Waals surface area contributed by atoms with Gasteiger partial charge in [-0.2, -0.15) is 5.26 Å². The first-order valence-electron chi connectivity index (χ1n) is 8.46. The Balaban J connectivity index is 1.53. The molecule has 1 aliphatic rings. The van der Waals surface area contributed by atoms with Gasteiger partial charge < -0.3 is 9.84 Å². The lowest BCUT2D eigenvalue weighted by Gasteiger charge is -2.27. The fraction of sp³-hybridized carbons (Fsp3) is 0.350. The third kappa shape index (κ3) is 4.56. The first-order chi connectivity index (χ1) is 12.2. The maximum atomic E-state index is 13.1. The van der Waals surface area contributed by atoms with Crippen molar-refractivity contribution in [2.75, 3.05) is 19.7 Å². The summed E-state index contributed by atoms with van der Waals surface area (Å²) in [4.78, 5) is 2.22. The smallest absolute Gasteiger partial charge is 0.123 e. The molecule has 1 saturated heterocycles. The molecular formula is C20H21FN2O2. The van der Waals surface area contributed by atoms with Crippen LogP contribution < -0.4 is 4.74 Å². The summed E-state index contributed by atoms with van der Waals surface area (Å²) in [5.74, 6) is 0.402. The van der Waals surface area contributed by atoms with Gasteiger partial charge in [-0.15, -0.1) is 0 Å². The van der Waals surface area contributed by atoms with Crippen molar-refractivity contribution in [2.45, 2.75) is 25.0 Å². The number of aliphatic hydroxyl groups is 1. The molecule has 3 rings (SSSR count). The van der Waals surface area contributed by atoms with Gasteiger partial charge in [0.05, 0.1) is 11.6 Å². The number of likely N-dealkylation sites (tertiary alicyclic amines) is 1. The average Bonchev–Trinajstić information content (AvgIpc) is 3.09. The molecule has 0 bridgehead atoms. The Morgan fingerprint density at radius 3 is 2.60 bits per heavy atom. The molecule has 0 saturated carbocycles. The van der Waals surface area contributed by atoms with Gasteiger partial charge in [0.15, 0.2) is 0 Å². The highest BCUT2D eigenvalue weighted by atomic mass is 19.1. The van der Waals surface area contributed by atoms with E-state index in [2.05, 4.69) is 11.0 Å². The highest BCUT2D eigenvalue weighted by Crippen LogP contribution is 2.31. The standard InChI is InChI=1S/C20H21FN2O2/c21-17-7-5-16(6-8-17)20-2-1-11-23(20)13-18(24)14-25-19-9-3-15(12-22)4-10-19/h3-10,18,20,24H,1-2,11,13-14H2/t18-,20+/m1/s1. The van der Waals surface area contributed by atoms with Crippen LogP contribution in [0.5, 0.6) is 5.75 Å². The molecule has 0 aliphatic carbocycles. The Morgan fingerprint density at radius 1 is 1.20 bits per heavy atom. The van der Waals surface area contributed by atoms with Crippen molar-refractivity contribution in [1.82, 2.24) is 4.90 Å². The Hall–Kier alpha value is -2.42. The van der Waals surface area contributed by atoms with Crippen molar-refractivity contribution in [3.8, 4) is 11.8 Å². The molecule has 4 nitrogen and oxygen atoms in total. The van der Waals surface area contributed by atoms with E-state index in [1.54, 1.807) is 24.3 Å². The van der Waals surface area contributed by atoms with Gasteiger partial charge >= 0.3 is 0 Å². The lowest BCUT2D eigenvalue weighted by atomic mass is 10.0. The molecule has 1 aliphatic heterocycles. The van der Waals surface area contributed by atoms with E-state index in [0.717, 1.165) is 24.9 Å². The molecule has 0 radical (unpaired) electrons. The topological polar surface area (TPSA) is 56.5 Å². The van der Waals surface area contributed by atoms with Crippen molar-refractivity contribution in [3.63, 3.8) is 0 Å². The molecule has 2 aromatic carbocycles. The third-order valence-electron chi connectivity index (χ3n) is 4.49. The number of rotatable bonds is 6. The van der Waals surface area contributed by atoms with Crippen molar-refractivity contribution >= 4 is 0 Å². The minimum absolute atomic E-state index is 0.193. The van der Waals surface area contributed by atoms with E-state index >= 15 is 0 Å². The molecule has 2 aromatic rings. The third-order valence-corrected chi connectivity index (χ3v) is 4.49. The van der Waals surface area contributed by atoms with Crippen LogP contribution in [0.1, 0.15) is 30.0 Å². The summed E-state index contributed by atoms with van der Waals surface area (Å²) in [5.41, 5.74) is 1.66. The van der Waals surface area contributed by atoms with E-state index in [1.165, 1.54) is 12.1 Å². The summed E-state index contributed by atoms with van der Waals surface area (Å²) in [5, 5.41) is 19.1. The van der Waals surface area contributed by atoms with Crippen LogP contribution in [0.25, 0.3) is 0 Å². The average molecular weight is 340 g/mol. The lowest BCUT2D eigenvalue weighted by molar-refractivity contribution is 0.0638. The molecule has 0 aromatic heterocycles. The van der Waals surface area contributed by atoms with Crippen LogP contribution in [0.4, 0.5) is 4.39 Å². The number of benzene rings is 2. The maximum absolute atomic E-state index is 13.1. The minimum Gasteiger partial charge on any atom is -0.491 e. The number of hydrogen-bond donors (Lipinski definition) is 1. The molecule has 0 unspecified atom stereocenters. The number of nitrogens with zero attached hydrogens (tertiary/aromatic N) is 2. The summed E-state index contributed by atoms with van der Waals surface area (Å²) < 4.78 is 18.7. The van der Waals surface area contributed by atoms with Crippen LogP contribution in [0.15, 0.2) is 48.5 Å². The van der Waals surface area contributed by atoms with Gasteiger partial charge in [-0.25, -0.2) is 4.39 Å². The normalized spacial score (nSPS) is 18.7. The number of β-amino-alcohol motifs (C(OH)–C–C–N with tert-alkyl or cyclic N) is 1. The number of nitriles is 1. The van der Waals surface area contributed by atoms with Crippen molar-refractivity contribution in [2.24, 2.45) is 0 Å². The van der Waals surface area contributed by atoms with Crippen LogP contribution in [0.3, 0.4) is 0 Å². The van der Waals surface area contributed by atoms with Crippen LogP contribution in [0.2, 0.25) is 0 Å². The molecule has 0 spiro atoms. The second-order valence-corrected chi connectivity index (χ2v) is 6.31. The van der Waals surface area contributed by atoms with Crippen molar-refractivity contribution in [3.05, 3.63) is 65.5 Å². The second kappa shape index (κ2) is 8.11. The number of halogens is 1. The van der Waals surface area contributed by atoms with Gasteiger partial charge in [0, 0.05) is 12.6 Å². The highest BCUT2D eigenvalue weighted by molar-refractivity contribution is 5.34. The zero-order valence-electron chi connectivity index (χ0n) is 13.9. The van der Waals surface area contributed by atoms with Gasteiger partial charge in [0.1, 0.15) is 24.3 Å². The zero-order valence-corrected chi connectivity index (χ0v) is 13.9. The van der Waals surface area contributed by atoms with Gasteiger partial charge in [-0.05, 0) is 61.3 Å². The Labute approximate surface area is 147 Å². The summed E-state index contributed by atoms with van der Waals surface area (Å²) in [7, 11) is 0. The van der Waals surface area contributed by atoms with E-state index in [0.29, 0.717) is 17.9 Å². The van der Waals surface area contributed by atoms with Crippen LogP contribution in [-0.4, -0.2) is 35.8 Å². The van der Waals surface area contributed by atoms with Crippen LogP contribution in [-0.2, 0) is 0 Å². The Bertz CT molecular complexity index is 725. The van der Waals surface area contributed by atoms with Gasteiger partial charge in [-0.3, -0.25) is 4.90 Å². The summed E-state index contributed by atoms with van der Waals surface area (Å²) in [6, 6.07) is 15.7. The number of ether oxygens (including phenoxy) is 1. The largest absolute Gasteiger partial charge is 0.491 e. The Morgan fingerprint density at radius 2 is 1.92 bits per heavy atom. The molecule has 1 heterocycles. The van der Waals surface area contributed by atoms with E-state index in [1.807, 2.05) is 12.1 Å². The monoisotopic (exact) mass is 340 g/mol. The predicted molar refractivity (Wildman–Crippen MR) is 92.6 cm³/mol. The molecule has 2 atom stereocenters. The van der Waals surface area contributed by atoms with E-state index < -0.39 is 6.10 Å². The van der Waals surface area contributed by atoms with Crippen LogP contribution in [0, 0.1) is 17.1 Å². The summed E-state index contributed by atoms with van der Waals surface area (Å²) in [6.07, 6.45) is 1.46. The quantitative estimate of drug-likeness (QED) is 0.877. The van der Waals surface area contributed by atoms with Gasteiger partial charge in [0.25, 0.3) is 0 Å². The van der Waals surface area contributed by atoms with Gasteiger partial charge in [0.2, 0.25) is 0 Å². The molecule has 0 amide bonds. The second-order valence-electron chi connectivity index (χ2n) is 6.31. The number of hydrogen-bond acceptors (Lipinski definition) is 4. The number of aliphatic hydroxyl groups excluding tert-OH is 1. The van der Waals surface area contributed by atoms with E-state index in [-0.39, 0.29) is 18.5 Å². The molecule has 130 valence electrons. The fourth-order valence-electron chi connectivity index (χ4n) is 3.25. The summed E-state index contributed by atoms with van der Waals surface area (Å²) >= 11 is 0. The molecule has 1 N–H and O–H groups in total. The van der Waals surface area contributed by atoms with Crippen molar-refractivity contribution in [1.29, 1.82) is 5.26 Å². The van der Waals surface area contributed by atoms with Crippen LogP contribution >= 0.6 is 0 Å². The van der Waals surface area contributed by atoms with E-state index in [9.17, 15) is 9.50 Å². The van der Waals surface area contributed by atoms with E-state index in [4.69, 9.17) is 10.00 Å². The fourth-order valence-corrected chi connectivity index (χ4v) is 3.25. The van der Waals surface area contributed by atoms with Gasteiger partial charge in [-0.1, -0.05) is 12.1 Å². The van der Waals surface area contributed by atoms with Crippen molar-refractivity contribution < 1.29 is 14.2 Å². The molecule has 5 heteroatoms. The SMILES string of the molecule is N#Cc1ccc(OC[C@H](O)CN2CCC[C@H]2c2ccc(F)cc2)cc1. The molecule has 25 heavy (non-hydrogen) atoms. The maximum Gasteiger partial charge on any atom is 0.123 e. The predicted octanol–water partition coefficient (Wildman–Crippen LogP) is 3.27. The first-order valence-corrected chi connectivity index (χ1v) is 8.46. The first kappa shape index (κ1) is 17.4.